The Morgan fingerprint density at radius 2 is 1.65 bits per heavy atom. The number of piperidine rings is 1. The number of sulfonamides is 1. The second kappa shape index (κ2) is 11.3. The quantitative estimate of drug-likeness (QED) is 0.432. The van der Waals surface area contributed by atoms with Crippen LogP contribution in [0.4, 0.5) is 6.01 Å². The molecule has 11 heteroatoms. The van der Waals surface area contributed by atoms with Crippen molar-refractivity contribution in [2.45, 2.75) is 39.0 Å². The maximum atomic E-state index is 13.1. The molecule has 0 saturated carbocycles. The lowest BCUT2D eigenvalue weighted by atomic mass is 9.94. The minimum absolute atomic E-state index is 0.0835. The molecule has 1 fully saturated rings. The molecular formula is C26H32N4O6S. The summed E-state index contributed by atoms with van der Waals surface area (Å²) in [5.74, 6) is 1.46. The van der Waals surface area contributed by atoms with Gasteiger partial charge in [0.2, 0.25) is 15.9 Å². The first-order valence-corrected chi connectivity index (χ1v) is 13.8. The summed E-state index contributed by atoms with van der Waals surface area (Å²) in [5, 5.41) is 10.5. The lowest BCUT2D eigenvalue weighted by Crippen LogP contribution is -2.42. The third-order valence-corrected chi connectivity index (χ3v) is 7.87. The molecule has 0 aliphatic carbocycles. The normalized spacial score (nSPS) is 18.4. The van der Waals surface area contributed by atoms with E-state index < -0.39 is 15.9 Å². The zero-order chi connectivity index (χ0) is 26.6. The van der Waals surface area contributed by atoms with Gasteiger partial charge in [-0.15, -0.1) is 5.10 Å². The lowest BCUT2D eigenvalue weighted by Gasteiger charge is -2.34. The average Bonchev–Trinajstić information content (AvgIpc) is 3.33. The molecule has 1 saturated heterocycles. The molecule has 198 valence electrons. The van der Waals surface area contributed by atoms with Crippen LogP contribution in [0.1, 0.15) is 44.5 Å². The molecule has 2 atom stereocenters. The highest BCUT2D eigenvalue weighted by molar-refractivity contribution is 7.89. The van der Waals surface area contributed by atoms with Gasteiger partial charge in [0.1, 0.15) is 0 Å². The van der Waals surface area contributed by atoms with Gasteiger partial charge in [0, 0.05) is 24.2 Å². The maximum absolute atomic E-state index is 13.1. The molecule has 4 rings (SSSR count). The molecule has 1 aromatic heterocycles. The lowest BCUT2D eigenvalue weighted by molar-refractivity contribution is 0.102. The Hall–Kier alpha value is -3.44. The third kappa shape index (κ3) is 6.11. The number of ether oxygens (including phenoxy) is 2. The van der Waals surface area contributed by atoms with Gasteiger partial charge in [0.15, 0.2) is 11.5 Å². The van der Waals surface area contributed by atoms with Crippen LogP contribution in [0.25, 0.3) is 11.5 Å². The average molecular weight is 529 g/mol. The number of carbonyl (C=O) groups is 1. The van der Waals surface area contributed by atoms with Gasteiger partial charge < -0.3 is 13.9 Å². The molecular weight excluding hydrogens is 496 g/mol. The Morgan fingerprint density at radius 3 is 2.30 bits per heavy atom. The fraction of sp³-hybridized carbons (Fsp3) is 0.423. The Morgan fingerprint density at radius 1 is 1.00 bits per heavy atom. The van der Waals surface area contributed by atoms with Gasteiger partial charge in [-0.05, 0) is 74.6 Å². The van der Waals surface area contributed by atoms with E-state index in [2.05, 4.69) is 29.4 Å². The number of hydrogen-bond acceptors (Lipinski definition) is 8. The van der Waals surface area contributed by atoms with E-state index in [4.69, 9.17) is 13.9 Å². The predicted molar refractivity (Wildman–Crippen MR) is 138 cm³/mol. The van der Waals surface area contributed by atoms with Gasteiger partial charge >= 0.3 is 6.01 Å². The highest BCUT2D eigenvalue weighted by Gasteiger charge is 2.31. The van der Waals surface area contributed by atoms with E-state index in [-0.39, 0.29) is 22.4 Å². The van der Waals surface area contributed by atoms with E-state index >= 15 is 0 Å². The smallest absolute Gasteiger partial charge is 0.322 e. The van der Waals surface area contributed by atoms with Gasteiger partial charge in [-0.1, -0.05) is 18.9 Å². The number of hydrogen-bond donors (Lipinski definition) is 1. The number of benzene rings is 2. The second-order valence-corrected chi connectivity index (χ2v) is 11.1. The van der Waals surface area contributed by atoms with Crippen LogP contribution >= 0.6 is 0 Å². The largest absolute Gasteiger partial charge is 0.490 e. The zero-order valence-electron chi connectivity index (χ0n) is 21.4. The highest BCUT2D eigenvalue weighted by Crippen LogP contribution is 2.33. The van der Waals surface area contributed by atoms with E-state index in [0.29, 0.717) is 55.2 Å². The molecule has 1 N–H and O–H groups in total. The fourth-order valence-electron chi connectivity index (χ4n) is 4.47. The van der Waals surface area contributed by atoms with Gasteiger partial charge in [-0.3, -0.25) is 10.1 Å². The number of aromatic nitrogens is 2. The minimum atomic E-state index is -3.63. The van der Waals surface area contributed by atoms with Gasteiger partial charge in [-0.25, -0.2) is 8.42 Å². The summed E-state index contributed by atoms with van der Waals surface area (Å²) in [4.78, 5) is 12.9. The minimum Gasteiger partial charge on any atom is -0.490 e. The van der Waals surface area contributed by atoms with Crippen LogP contribution in [-0.4, -0.2) is 55.1 Å². The molecule has 0 bridgehead atoms. The van der Waals surface area contributed by atoms with Crippen molar-refractivity contribution >= 4 is 21.9 Å². The molecule has 0 spiro atoms. The molecule has 10 nitrogen and oxygen atoms in total. The molecule has 1 amide bonds. The number of amides is 1. The maximum Gasteiger partial charge on any atom is 0.322 e. The first kappa shape index (κ1) is 26.6. The van der Waals surface area contributed by atoms with E-state index in [1.54, 1.807) is 18.2 Å². The molecule has 1 aliphatic rings. The summed E-state index contributed by atoms with van der Waals surface area (Å²) in [6.45, 7) is 9.83. The van der Waals surface area contributed by atoms with Crippen LogP contribution in [-0.2, 0) is 10.0 Å². The summed E-state index contributed by atoms with van der Waals surface area (Å²) in [5.41, 5.74) is 0.870. The number of carbonyl (C=O) groups excluding carboxylic acids is 1. The van der Waals surface area contributed by atoms with Crippen molar-refractivity contribution in [1.82, 2.24) is 14.5 Å². The van der Waals surface area contributed by atoms with Crippen LogP contribution < -0.4 is 14.8 Å². The van der Waals surface area contributed by atoms with Crippen molar-refractivity contribution in [2.24, 2.45) is 11.8 Å². The molecule has 1 aliphatic heterocycles. The number of rotatable bonds is 9. The third-order valence-electron chi connectivity index (χ3n) is 6.03. The van der Waals surface area contributed by atoms with Crippen molar-refractivity contribution in [3.63, 3.8) is 0 Å². The first-order valence-electron chi connectivity index (χ1n) is 12.4. The van der Waals surface area contributed by atoms with E-state index in [1.165, 1.54) is 28.6 Å². The number of nitrogens with zero attached hydrogens (tertiary/aromatic N) is 3. The topological polar surface area (TPSA) is 124 Å². The van der Waals surface area contributed by atoms with Crippen molar-refractivity contribution in [3.8, 4) is 23.0 Å². The van der Waals surface area contributed by atoms with Crippen LogP contribution in [0.5, 0.6) is 11.5 Å². The van der Waals surface area contributed by atoms with Gasteiger partial charge in [-0.2, -0.15) is 4.31 Å². The number of nitrogens with one attached hydrogen (secondary N) is 1. The molecule has 2 heterocycles. The summed E-state index contributed by atoms with van der Waals surface area (Å²) in [6.07, 6.45) is 1.01. The molecule has 2 aromatic carbocycles. The van der Waals surface area contributed by atoms with Gasteiger partial charge in [0.25, 0.3) is 5.91 Å². The Labute approximate surface area is 217 Å². The van der Waals surface area contributed by atoms with Crippen LogP contribution in [0.3, 0.4) is 0 Å². The Balaban J connectivity index is 1.45. The number of anilines is 1. The van der Waals surface area contributed by atoms with Crippen LogP contribution in [0.2, 0.25) is 0 Å². The van der Waals surface area contributed by atoms with Crippen molar-refractivity contribution in [2.75, 3.05) is 31.6 Å². The molecule has 37 heavy (non-hydrogen) atoms. The van der Waals surface area contributed by atoms with Crippen LogP contribution in [0, 0.1) is 11.8 Å². The van der Waals surface area contributed by atoms with E-state index in [1.807, 2.05) is 13.8 Å². The van der Waals surface area contributed by atoms with Crippen molar-refractivity contribution in [3.05, 3.63) is 48.0 Å². The van der Waals surface area contributed by atoms with Crippen molar-refractivity contribution in [1.29, 1.82) is 0 Å². The zero-order valence-corrected chi connectivity index (χ0v) is 22.2. The molecule has 0 radical (unpaired) electrons. The second-order valence-electron chi connectivity index (χ2n) is 9.19. The highest BCUT2D eigenvalue weighted by atomic mass is 32.2. The van der Waals surface area contributed by atoms with Crippen molar-refractivity contribution < 1.29 is 27.1 Å². The summed E-state index contributed by atoms with van der Waals surface area (Å²) in [6, 6.07) is 11.0. The summed E-state index contributed by atoms with van der Waals surface area (Å²) < 4.78 is 44.5. The Bertz CT molecular complexity index is 1330. The Kier molecular flexibility index (Phi) is 8.13. The molecule has 3 aromatic rings. The monoisotopic (exact) mass is 528 g/mol. The standard InChI is InChI=1S/C26H32N4O6S/c1-5-34-22-12-9-20(14-23(22)35-6-2)25-28-29-26(36-25)27-24(31)19-7-10-21(11-8-19)37(32,33)30-15-17(3)13-18(4)16-30/h7-12,14,17-18H,5-6,13,15-16H2,1-4H3,(H,27,29,31). The summed E-state index contributed by atoms with van der Waals surface area (Å²) >= 11 is 0. The van der Waals surface area contributed by atoms with E-state index in [0.717, 1.165) is 6.42 Å². The fourth-order valence-corrected chi connectivity index (χ4v) is 6.15. The SMILES string of the molecule is CCOc1ccc(-c2nnc(NC(=O)c3ccc(S(=O)(=O)N4CC(C)CC(C)C4)cc3)o2)cc1OCC. The molecule has 2 unspecified atom stereocenters. The predicted octanol–water partition coefficient (Wildman–Crippen LogP) is 4.45. The van der Waals surface area contributed by atoms with Gasteiger partial charge in [0.05, 0.1) is 18.1 Å². The first-order chi connectivity index (χ1) is 17.7. The van der Waals surface area contributed by atoms with Crippen LogP contribution in [0.15, 0.2) is 51.8 Å². The summed E-state index contributed by atoms with van der Waals surface area (Å²) in [7, 11) is -3.63. The van der Waals surface area contributed by atoms with E-state index in [9.17, 15) is 13.2 Å².